The summed E-state index contributed by atoms with van der Waals surface area (Å²) in [6.45, 7) is 0.103. The SMILES string of the molecule is O=C(Nc1ccc(O)cc1[N+](=O)[O-])OCC1c2ccccc2-c2ccccc21. The monoisotopic (exact) mass is 376 g/mol. The number of nitro groups is 1. The number of anilines is 1. The Hall–Kier alpha value is -3.87. The van der Waals surface area contributed by atoms with Gasteiger partial charge in [-0.2, -0.15) is 0 Å². The molecule has 1 aliphatic rings. The van der Waals surface area contributed by atoms with Gasteiger partial charge in [0, 0.05) is 5.92 Å². The van der Waals surface area contributed by atoms with Crippen molar-refractivity contribution >= 4 is 17.5 Å². The van der Waals surface area contributed by atoms with Crippen LogP contribution in [-0.2, 0) is 4.74 Å². The molecule has 0 unspecified atom stereocenters. The third-order valence-corrected chi connectivity index (χ3v) is 4.76. The molecule has 0 heterocycles. The molecule has 7 nitrogen and oxygen atoms in total. The maximum atomic E-state index is 12.2. The molecule has 0 fully saturated rings. The Kier molecular flexibility index (Phi) is 4.41. The van der Waals surface area contributed by atoms with Gasteiger partial charge in [-0.3, -0.25) is 15.4 Å². The first kappa shape index (κ1) is 17.5. The number of nitrogens with zero attached hydrogens (tertiary/aromatic N) is 1. The highest BCUT2D eigenvalue weighted by Crippen LogP contribution is 2.44. The molecule has 28 heavy (non-hydrogen) atoms. The van der Waals surface area contributed by atoms with Gasteiger partial charge in [-0.15, -0.1) is 0 Å². The number of rotatable bonds is 4. The molecule has 0 saturated heterocycles. The van der Waals surface area contributed by atoms with E-state index in [-0.39, 0.29) is 24.0 Å². The van der Waals surface area contributed by atoms with Gasteiger partial charge in [-0.1, -0.05) is 48.5 Å². The minimum absolute atomic E-state index is 0.0416. The van der Waals surface area contributed by atoms with Crippen LogP contribution in [0.1, 0.15) is 17.0 Å². The van der Waals surface area contributed by atoms with Crippen LogP contribution in [0, 0.1) is 10.1 Å². The number of aromatic hydroxyl groups is 1. The summed E-state index contributed by atoms with van der Waals surface area (Å²) >= 11 is 0. The Morgan fingerprint density at radius 2 is 1.64 bits per heavy atom. The number of phenolic OH excluding ortho intramolecular Hbond substituents is 1. The van der Waals surface area contributed by atoms with Gasteiger partial charge in [-0.25, -0.2) is 4.79 Å². The Morgan fingerprint density at radius 1 is 1.04 bits per heavy atom. The van der Waals surface area contributed by atoms with Crippen LogP contribution in [0.3, 0.4) is 0 Å². The topological polar surface area (TPSA) is 102 Å². The van der Waals surface area contributed by atoms with Crippen molar-refractivity contribution in [3.63, 3.8) is 0 Å². The molecule has 3 aromatic rings. The van der Waals surface area contributed by atoms with Crippen LogP contribution in [0.5, 0.6) is 5.75 Å². The molecular formula is C21H16N2O5. The fourth-order valence-corrected chi connectivity index (χ4v) is 3.52. The number of carbonyl (C=O) groups excluding carboxylic acids is 1. The highest BCUT2D eigenvalue weighted by molar-refractivity contribution is 5.88. The van der Waals surface area contributed by atoms with Gasteiger partial charge in [0.15, 0.2) is 0 Å². The molecular weight excluding hydrogens is 360 g/mol. The van der Waals surface area contributed by atoms with Crippen molar-refractivity contribution in [3.05, 3.63) is 88.0 Å². The zero-order chi connectivity index (χ0) is 19.7. The summed E-state index contributed by atoms with van der Waals surface area (Å²) in [5.74, 6) is -0.363. The van der Waals surface area contributed by atoms with Gasteiger partial charge in [0.1, 0.15) is 18.0 Å². The molecule has 0 aliphatic heterocycles. The van der Waals surface area contributed by atoms with Crippen molar-refractivity contribution in [1.29, 1.82) is 0 Å². The smallest absolute Gasteiger partial charge is 0.411 e. The molecule has 2 N–H and O–H groups in total. The molecule has 0 aromatic heterocycles. The zero-order valence-corrected chi connectivity index (χ0v) is 14.7. The Morgan fingerprint density at radius 3 is 2.25 bits per heavy atom. The van der Waals surface area contributed by atoms with Crippen molar-refractivity contribution in [2.24, 2.45) is 0 Å². The Balaban J connectivity index is 1.51. The minimum Gasteiger partial charge on any atom is -0.508 e. The van der Waals surface area contributed by atoms with Gasteiger partial charge < -0.3 is 9.84 Å². The molecule has 7 heteroatoms. The summed E-state index contributed by atoms with van der Waals surface area (Å²) in [5, 5.41) is 22.9. The summed E-state index contributed by atoms with van der Waals surface area (Å²) in [6, 6.07) is 19.4. The number of hydrogen-bond acceptors (Lipinski definition) is 5. The van der Waals surface area contributed by atoms with Crippen molar-refractivity contribution in [2.45, 2.75) is 5.92 Å². The number of ether oxygens (including phenoxy) is 1. The lowest BCUT2D eigenvalue weighted by atomic mass is 9.98. The largest absolute Gasteiger partial charge is 0.508 e. The predicted octanol–water partition coefficient (Wildman–Crippen LogP) is 4.66. The van der Waals surface area contributed by atoms with Crippen molar-refractivity contribution < 1.29 is 19.6 Å². The van der Waals surface area contributed by atoms with E-state index in [1.54, 1.807) is 0 Å². The number of benzene rings is 3. The molecule has 0 atom stereocenters. The van der Waals surface area contributed by atoms with E-state index in [0.717, 1.165) is 28.3 Å². The number of phenols is 1. The van der Waals surface area contributed by atoms with Gasteiger partial charge in [0.25, 0.3) is 5.69 Å². The molecule has 1 amide bonds. The average Bonchev–Trinajstić information content (AvgIpc) is 3.01. The maximum Gasteiger partial charge on any atom is 0.411 e. The summed E-state index contributed by atoms with van der Waals surface area (Å²) in [4.78, 5) is 22.7. The van der Waals surface area contributed by atoms with E-state index in [4.69, 9.17) is 4.74 Å². The van der Waals surface area contributed by atoms with E-state index >= 15 is 0 Å². The number of nitrogens with one attached hydrogen (secondary N) is 1. The molecule has 0 saturated carbocycles. The van der Waals surface area contributed by atoms with E-state index in [0.29, 0.717) is 0 Å². The summed E-state index contributed by atoms with van der Waals surface area (Å²) in [6.07, 6.45) is -0.796. The molecule has 140 valence electrons. The quantitative estimate of drug-likeness (QED) is 0.392. The molecule has 0 bridgehead atoms. The summed E-state index contributed by atoms with van der Waals surface area (Å²) in [7, 11) is 0. The third-order valence-electron chi connectivity index (χ3n) is 4.76. The standard InChI is InChI=1S/C21H16N2O5/c24-13-9-10-19(20(11-13)23(26)27)22-21(25)28-12-18-16-7-3-1-5-14(16)15-6-2-4-8-17(15)18/h1-11,18,24H,12H2,(H,22,25). The molecule has 4 rings (SSSR count). The second kappa shape index (κ2) is 7.03. The maximum absolute atomic E-state index is 12.2. The van der Waals surface area contributed by atoms with E-state index < -0.39 is 16.7 Å². The number of amides is 1. The first-order valence-electron chi connectivity index (χ1n) is 8.64. The van der Waals surface area contributed by atoms with Gasteiger partial charge in [0.2, 0.25) is 0 Å². The Bertz CT molecular complexity index is 1030. The average molecular weight is 376 g/mol. The Labute approximate surface area is 160 Å². The fraction of sp³-hybridized carbons (Fsp3) is 0.0952. The van der Waals surface area contributed by atoms with E-state index in [1.807, 2.05) is 48.5 Å². The van der Waals surface area contributed by atoms with Crippen molar-refractivity contribution in [1.82, 2.24) is 0 Å². The normalized spacial score (nSPS) is 12.1. The molecule has 3 aromatic carbocycles. The van der Waals surface area contributed by atoms with Crippen molar-refractivity contribution in [3.8, 4) is 16.9 Å². The van der Waals surface area contributed by atoms with E-state index in [9.17, 15) is 20.0 Å². The van der Waals surface area contributed by atoms with Crippen LogP contribution in [0.2, 0.25) is 0 Å². The van der Waals surface area contributed by atoms with E-state index in [1.165, 1.54) is 12.1 Å². The lowest BCUT2D eigenvalue weighted by molar-refractivity contribution is -0.384. The lowest BCUT2D eigenvalue weighted by Crippen LogP contribution is -2.18. The highest BCUT2D eigenvalue weighted by Gasteiger charge is 2.29. The first-order valence-corrected chi connectivity index (χ1v) is 8.64. The van der Waals surface area contributed by atoms with E-state index in [2.05, 4.69) is 5.32 Å². The second-order valence-electron chi connectivity index (χ2n) is 6.41. The number of fused-ring (bicyclic) bond motifs is 3. The van der Waals surface area contributed by atoms with Crippen LogP contribution >= 0.6 is 0 Å². The predicted molar refractivity (Wildman–Crippen MR) is 103 cm³/mol. The summed E-state index contributed by atoms with van der Waals surface area (Å²) < 4.78 is 5.37. The fourth-order valence-electron chi connectivity index (χ4n) is 3.52. The highest BCUT2D eigenvalue weighted by atomic mass is 16.6. The van der Waals surface area contributed by atoms with Gasteiger partial charge in [-0.05, 0) is 34.4 Å². The van der Waals surface area contributed by atoms with Crippen LogP contribution < -0.4 is 5.32 Å². The van der Waals surface area contributed by atoms with Crippen LogP contribution in [0.4, 0.5) is 16.2 Å². The number of hydrogen-bond donors (Lipinski definition) is 2. The molecule has 0 spiro atoms. The van der Waals surface area contributed by atoms with Crippen molar-refractivity contribution in [2.75, 3.05) is 11.9 Å². The molecule has 0 radical (unpaired) electrons. The lowest BCUT2D eigenvalue weighted by Gasteiger charge is -2.14. The third kappa shape index (κ3) is 3.14. The first-order chi connectivity index (χ1) is 13.5. The summed E-state index contributed by atoms with van der Waals surface area (Å²) in [5.41, 5.74) is 3.93. The number of carbonyl (C=O) groups is 1. The van der Waals surface area contributed by atoms with Gasteiger partial charge >= 0.3 is 6.09 Å². The number of nitro benzene ring substituents is 1. The zero-order valence-electron chi connectivity index (χ0n) is 14.7. The second-order valence-corrected chi connectivity index (χ2v) is 6.41. The van der Waals surface area contributed by atoms with Gasteiger partial charge in [0.05, 0.1) is 11.0 Å². The molecule has 1 aliphatic carbocycles. The van der Waals surface area contributed by atoms with Crippen LogP contribution in [0.25, 0.3) is 11.1 Å². The minimum atomic E-state index is -0.796. The van der Waals surface area contributed by atoms with Crippen LogP contribution in [-0.4, -0.2) is 22.7 Å². The van der Waals surface area contributed by atoms with Crippen LogP contribution in [0.15, 0.2) is 66.7 Å².